The van der Waals surface area contributed by atoms with Crippen molar-refractivity contribution in [2.75, 3.05) is 16.8 Å². The lowest BCUT2D eigenvalue weighted by molar-refractivity contribution is 0.375. The molecule has 5 rings (SSSR count). The van der Waals surface area contributed by atoms with Gasteiger partial charge in [-0.3, -0.25) is 4.68 Å². The molecular weight excluding hydrogens is 375 g/mol. The molecule has 5 heteroatoms. The van der Waals surface area contributed by atoms with Crippen LogP contribution in [0.1, 0.15) is 42.6 Å². The highest BCUT2D eigenvalue weighted by atomic mass is 19.1. The number of allylic oxidation sites excluding steroid dienone is 1. The van der Waals surface area contributed by atoms with Gasteiger partial charge in [-0.1, -0.05) is 12.6 Å². The lowest BCUT2D eigenvalue weighted by Crippen LogP contribution is -2.27. The summed E-state index contributed by atoms with van der Waals surface area (Å²) in [7, 11) is 1.89. The molecular formula is C25H27FN4. The standard InChI is InChI=1S/C25H27FN4/c1-16-9-10-20-23(28-16)7-4-8-24(20)30-11-5-6-18-12-22(19-14-27-29(3)15-19)21(17(2)26)13-25(18)30/h4,7-8,12-15,17,28H,1,5-6,9-11H2,2-3H3. The van der Waals surface area contributed by atoms with Gasteiger partial charge in [-0.15, -0.1) is 0 Å². The molecule has 0 saturated carbocycles. The summed E-state index contributed by atoms with van der Waals surface area (Å²) in [5.74, 6) is 0. The van der Waals surface area contributed by atoms with Gasteiger partial charge in [0.05, 0.1) is 6.20 Å². The number of halogens is 1. The first kappa shape index (κ1) is 18.9. The van der Waals surface area contributed by atoms with Crippen LogP contribution >= 0.6 is 0 Å². The van der Waals surface area contributed by atoms with E-state index >= 15 is 0 Å². The maximum atomic E-state index is 14.7. The van der Waals surface area contributed by atoms with Crippen molar-refractivity contribution in [3.8, 4) is 11.1 Å². The number of alkyl halides is 1. The predicted molar refractivity (Wildman–Crippen MR) is 121 cm³/mol. The van der Waals surface area contributed by atoms with Crippen molar-refractivity contribution in [2.45, 2.75) is 38.8 Å². The monoisotopic (exact) mass is 402 g/mol. The third kappa shape index (κ3) is 3.18. The van der Waals surface area contributed by atoms with Crippen LogP contribution in [0.3, 0.4) is 0 Å². The summed E-state index contributed by atoms with van der Waals surface area (Å²) in [5.41, 5.74) is 9.80. The summed E-state index contributed by atoms with van der Waals surface area (Å²) >= 11 is 0. The molecule has 30 heavy (non-hydrogen) atoms. The van der Waals surface area contributed by atoms with Crippen LogP contribution in [-0.2, 0) is 19.9 Å². The van der Waals surface area contributed by atoms with Gasteiger partial charge in [0, 0.05) is 48.1 Å². The van der Waals surface area contributed by atoms with Gasteiger partial charge in [-0.05, 0) is 79.1 Å². The topological polar surface area (TPSA) is 33.1 Å². The van der Waals surface area contributed by atoms with Crippen LogP contribution in [0.5, 0.6) is 0 Å². The number of nitrogens with zero attached hydrogens (tertiary/aromatic N) is 3. The fraction of sp³-hybridized carbons (Fsp3) is 0.320. The number of aromatic nitrogens is 2. The first-order chi connectivity index (χ1) is 14.5. The van der Waals surface area contributed by atoms with Crippen molar-refractivity contribution in [3.05, 3.63) is 71.7 Å². The summed E-state index contributed by atoms with van der Waals surface area (Å²) in [6, 6.07) is 10.7. The lowest BCUT2D eigenvalue weighted by Gasteiger charge is -2.35. The van der Waals surface area contributed by atoms with Crippen LogP contribution in [0.2, 0.25) is 0 Å². The van der Waals surface area contributed by atoms with E-state index in [1.807, 2.05) is 19.4 Å². The Bertz CT molecular complexity index is 1130. The fourth-order valence-electron chi connectivity index (χ4n) is 4.77. The van der Waals surface area contributed by atoms with Crippen LogP contribution < -0.4 is 10.2 Å². The average molecular weight is 403 g/mol. The second-order valence-corrected chi connectivity index (χ2v) is 8.37. The number of aryl methyl sites for hydroxylation is 2. The largest absolute Gasteiger partial charge is 0.359 e. The molecule has 0 saturated heterocycles. The Morgan fingerprint density at radius 1 is 1.17 bits per heavy atom. The molecule has 1 unspecified atom stereocenters. The minimum atomic E-state index is -1.05. The van der Waals surface area contributed by atoms with Gasteiger partial charge in [0.1, 0.15) is 6.17 Å². The van der Waals surface area contributed by atoms with Crippen molar-refractivity contribution in [1.82, 2.24) is 9.78 Å². The molecule has 0 radical (unpaired) electrons. The Balaban J connectivity index is 1.64. The molecule has 2 aliphatic heterocycles. The zero-order valence-corrected chi connectivity index (χ0v) is 17.6. The van der Waals surface area contributed by atoms with E-state index in [1.165, 1.54) is 16.8 Å². The Hall–Kier alpha value is -3.08. The minimum Gasteiger partial charge on any atom is -0.359 e. The van der Waals surface area contributed by atoms with Gasteiger partial charge in [-0.25, -0.2) is 4.39 Å². The van der Waals surface area contributed by atoms with Crippen molar-refractivity contribution in [1.29, 1.82) is 0 Å². The van der Waals surface area contributed by atoms with Crippen LogP contribution in [0.4, 0.5) is 21.5 Å². The van der Waals surface area contributed by atoms with E-state index in [-0.39, 0.29) is 0 Å². The van der Waals surface area contributed by atoms with Crippen LogP contribution in [0.15, 0.2) is 55.0 Å². The lowest BCUT2D eigenvalue weighted by atomic mass is 9.90. The van der Waals surface area contributed by atoms with Crippen molar-refractivity contribution in [2.24, 2.45) is 7.05 Å². The molecule has 0 spiro atoms. The molecule has 1 N–H and O–H groups in total. The second-order valence-electron chi connectivity index (χ2n) is 8.37. The fourth-order valence-corrected chi connectivity index (χ4v) is 4.77. The average Bonchev–Trinajstić information content (AvgIpc) is 3.17. The third-order valence-electron chi connectivity index (χ3n) is 6.24. The van der Waals surface area contributed by atoms with Gasteiger partial charge in [-0.2, -0.15) is 5.10 Å². The van der Waals surface area contributed by atoms with Crippen molar-refractivity contribution < 1.29 is 4.39 Å². The van der Waals surface area contributed by atoms with Crippen LogP contribution in [-0.4, -0.2) is 16.3 Å². The molecule has 0 amide bonds. The highest BCUT2D eigenvalue weighted by Gasteiger charge is 2.26. The predicted octanol–water partition coefficient (Wildman–Crippen LogP) is 6.07. The number of hydrogen-bond donors (Lipinski definition) is 1. The number of nitrogens with one attached hydrogen (secondary N) is 1. The van der Waals surface area contributed by atoms with Gasteiger partial charge in [0.15, 0.2) is 0 Å². The molecule has 154 valence electrons. The Kier molecular flexibility index (Phi) is 4.61. The zero-order valence-electron chi connectivity index (χ0n) is 17.6. The van der Waals surface area contributed by atoms with E-state index in [0.717, 1.165) is 66.0 Å². The highest BCUT2D eigenvalue weighted by Crippen LogP contribution is 2.43. The number of fused-ring (bicyclic) bond motifs is 2. The molecule has 3 heterocycles. The normalized spacial score (nSPS) is 16.6. The molecule has 0 bridgehead atoms. The van der Waals surface area contributed by atoms with Crippen molar-refractivity contribution in [3.63, 3.8) is 0 Å². The SMILES string of the molecule is C=C1CCc2c(cccc2N2CCCc3cc(-c4cnn(C)c4)c(C(C)F)cc32)N1. The molecule has 1 aromatic heterocycles. The smallest absolute Gasteiger partial charge is 0.123 e. The maximum Gasteiger partial charge on any atom is 0.123 e. The van der Waals surface area contributed by atoms with E-state index in [0.29, 0.717) is 0 Å². The summed E-state index contributed by atoms with van der Waals surface area (Å²) in [5, 5.41) is 7.73. The van der Waals surface area contributed by atoms with Crippen molar-refractivity contribution >= 4 is 17.1 Å². The minimum absolute atomic E-state index is 0.727. The molecule has 2 aromatic carbocycles. The molecule has 1 atom stereocenters. The Morgan fingerprint density at radius 2 is 2.03 bits per heavy atom. The molecule has 0 aliphatic carbocycles. The van der Waals surface area contributed by atoms with Crippen LogP contribution in [0, 0.1) is 0 Å². The molecule has 2 aliphatic rings. The number of benzene rings is 2. The number of anilines is 3. The summed E-state index contributed by atoms with van der Waals surface area (Å²) in [4.78, 5) is 2.38. The Labute approximate surface area is 177 Å². The summed E-state index contributed by atoms with van der Waals surface area (Å²) in [6.07, 6.45) is 6.73. The first-order valence-corrected chi connectivity index (χ1v) is 10.7. The van der Waals surface area contributed by atoms with E-state index in [4.69, 9.17) is 0 Å². The third-order valence-corrected chi connectivity index (χ3v) is 6.24. The highest BCUT2D eigenvalue weighted by molar-refractivity contribution is 5.80. The second kappa shape index (κ2) is 7.31. The summed E-state index contributed by atoms with van der Waals surface area (Å²) < 4.78 is 16.5. The van der Waals surface area contributed by atoms with E-state index in [1.54, 1.807) is 11.6 Å². The van der Waals surface area contributed by atoms with Gasteiger partial charge >= 0.3 is 0 Å². The number of hydrogen-bond acceptors (Lipinski definition) is 3. The first-order valence-electron chi connectivity index (χ1n) is 10.7. The van der Waals surface area contributed by atoms with E-state index in [2.05, 4.69) is 52.2 Å². The van der Waals surface area contributed by atoms with E-state index < -0.39 is 6.17 Å². The quantitative estimate of drug-likeness (QED) is 0.577. The maximum absolute atomic E-state index is 14.7. The zero-order chi connectivity index (χ0) is 20.8. The summed E-state index contributed by atoms with van der Waals surface area (Å²) in [6.45, 7) is 6.65. The Morgan fingerprint density at radius 3 is 2.80 bits per heavy atom. The molecule has 3 aromatic rings. The van der Waals surface area contributed by atoms with E-state index in [9.17, 15) is 4.39 Å². The molecule has 0 fully saturated rings. The van der Waals surface area contributed by atoms with Crippen LogP contribution in [0.25, 0.3) is 11.1 Å². The number of rotatable bonds is 3. The molecule has 4 nitrogen and oxygen atoms in total. The van der Waals surface area contributed by atoms with Gasteiger partial charge < -0.3 is 10.2 Å². The van der Waals surface area contributed by atoms with Gasteiger partial charge in [0.2, 0.25) is 0 Å². The van der Waals surface area contributed by atoms with Gasteiger partial charge in [0.25, 0.3) is 0 Å².